The summed E-state index contributed by atoms with van der Waals surface area (Å²) in [5.74, 6) is 0. The number of furan rings is 1. The fourth-order valence-electron chi connectivity index (χ4n) is 7.84. The van der Waals surface area contributed by atoms with E-state index in [-0.39, 0.29) is 5.41 Å². The largest absolute Gasteiger partial charge is 0.456 e. The first kappa shape index (κ1) is 28.5. The Hall–Kier alpha value is -5.73. The second kappa shape index (κ2) is 10.9. The Morgan fingerprint density at radius 2 is 1.46 bits per heavy atom. The Morgan fingerprint density at radius 3 is 2.27 bits per heavy atom. The minimum atomic E-state index is -0.173. The Balaban J connectivity index is 1.23. The number of nitrogens with zero attached hydrogens (tertiary/aromatic N) is 1. The molecule has 2 nitrogen and oxygen atoms in total. The van der Waals surface area contributed by atoms with E-state index >= 15 is 0 Å². The first-order valence-corrected chi connectivity index (χ1v) is 16.7. The van der Waals surface area contributed by atoms with Crippen LogP contribution in [0.25, 0.3) is 66.6 Å². The number of aryl methyl sites for hydroxylation is 1. The average molecular weight is 618 g/mol. The molecule has 0 N–H and O–H groups in total. The first-order valence-electron chi connectivity index (χ1n) is 16.7. The molecule has 0 unspecified atom stereocenters. The van der Waals surface area contributed by atoms with E-state index in [0.29, 0.717) is 0 Å². The van der Waals surface area contributed by atoms with E-state index in [1.165, 1.54) is 71.8 Å². The zero-order chi connectivity index (χ0) is 32.4. The molecule has 0 radical (unpaired) electrons. The van der Waals surface area contributed by atoms with E-state index in [9.17, 15) is 0 Å². The molecule has 0 bridgehead atoms. The fourth-order valence-corrected chi connectivity index (χ4v) is 7.84. The predicted molar refractivity (Wildman–Crippen MR) is 201 cm³/mol. The van der Waals surface area contributed by atoms with Crippen LogP contribution in [0.15, 0.2) is 144 Å². The number of aromatic nitrogens is 1. The summed E-state index contributed by atoms with van der Waals surface area (Å²) >= 11 is 0. The van der Waals surface area contributed by atoms with Gasteiger partial charge in [-0.25, -0.2) is 0 Å². The third-order valence-corrected chi connectivity index (χ3v) is 10.3. The van der Waals surface area contributed by atoms with Gasteiger partial charge in [0.1, 0.15) is 11.2 Å². The van der Waals surface area contributed by atoms with Crippen molar-refractivity contribution in [3.8, 4) is 22.3 Å². The average Bonchev–Trinajstić information content (AvgIpc) is 3.61. The molecule has 2 aromatic heterocycles. The van der Waals surface area contributed by atoms with Crippen LogP contribution in [-0.2, 0) is 11.8 Å². The minimum absolute atomic E-state index is 0.173. The van der Waals surface area contributed by atoms with Crippen LogP contribution in [-0.4, -0.2) is 4.98 Å². The van der Waals surface area contributed by atoms with Gasteiger partial charge in [0.2, 0.25) is 0 Å². The number of hydrogen-bond acceptors (Lipinski definition) is 2. The summed E-state index contributed by atoms with van der Waals surface area (Å²) < 4.78 is 6.33. The smallest absolute Gasteiger partial charge is 0.136 e. The Labute approximate surface area is 281 Å². The molecule has 0 saturated carbocycles. The van der Waals surface area contributed by atoms with Gasteiger partial charge in [0.25, 0.3) is 0 Å². The van der Waals surface area contributed by atoms with Crippen molar-refractivity contribution >= 4 is 44.4 Å². The number of rotatable bonds is 5. The number of fused-ring (bicyclic) bond motifs is 8. The zero-order valence-corrected chi connectivity index (χ0v) is 27.4. The van der Waals surface area contributed by atoms with Gasteiger partial charge in [-0.2, -0.15) is 0 Å². The third-order valence-electron chi connectivity index (χ3n) is 10.3. The van der Waals surface area contributed by atoms with E-state index in [4.69, 9.17) is 4.42 Å². The van der Waals surface area contributed by atoms with Crippen molar-refractivity contribution in [3.05, 3.63) is 173 Å². The van der Waals surface area contributed by atoms with Crippen LogP contribution in [0.4, 0.5) is 0 Å². The Bertz CT molecular complexity index is 2550. The molecule has 0 fully saturated rings. The second-order valence-corrected chi connectivity index (χ2v) is 13.7. The van der Waals surface area contributed by atoms with Crippen LogP contribution in [0, 0.1) is 6.92 Å². The standard InChI is InChI=1S/C46H35NO/c1-29-17-19-30(20-18-29)24-33(34-14-8-16-43-45(34)38-13-6-7-15-42(38)48-43)25-31-21-22-37-40(26-31)46(2,3)41-27-39(32-10-9-23-47-28-32)35-11-4-5-12-36(35)44(37)41/h4-23,25-28H,24H2,1-3H3/b33-25-. The highest BCUT2D eigenvalue weighted by Gasteiger charge is 2.37. The molecule has 1 aliphatic carbocycles. The third kappa shape index (κ3) is 4.52. The van der Waals surface area contributed by atoms with Crippen molar-refractivity contribution in [2.75, 3.05) is 0 Å². The highest BCUT2D eigenvalue weighted by Crippen LogP contribution is 2.53. The number of hydrogen-bond donors (Lipinski definition) is 0. The maximum absolute atomic E-state index is 6.33. The van der Waals surface area contributed by atoms with Crippen LogP contribution in [0.2, 0.25) is 0 Å². The van der Waals surface area contributed by atoms with Crippen molar-refractivity contribution in [2.24, 2.45) is 0 Å². The summed E-state index contributed by atoms with van der Waals surface area (Å²) in [5, 5.41) is 4.88. The molecule has 0 aliphatic heterocycles. The number of allylic oxidation sites excluding steroid dienone is 1. The highest BCUT2D eigenvalue weighted by atomic mass is 16.3. The van der Waals surface area contributed by atoms with Crippen LogP contribution < -0.4 is 0 Å². The van der Waals surface area contributed by atoms with Crippen LogP contribution in [0.1, 0.15) is 47.2 Å². The summed E-state index contributed by atoms with van der Waals surface area (Å²) in [6.45, 7) is 6.89. The lowest BCUT2D eigenvalue weighted by molar-refractivity contribution is 0.661. The molecule has 0 amide bonds. The quantitative estimate of drug-likeness (QED) is 0.180. The molecule has 48 heavy (non-hydrogen) atoms. The van der Waals surface area contributed by atoms with Gasteiger partial charge in [-0.15, -0.1) is 0 Å². The first-order chi connectivity index (χ1) is 23.5. The minimum Gasteiger partial charge on any atom is -0.456 e. The lowest BCUT2D eigenvalue weighted by Gasteiger charge is -2.23. The second-order valence-electron chi connectivity index (χ2n) is 13.7. The van der Waals surface area contributed by atoms with Gasteiger partial charge < -0.3 is 4.42 Å². The molecular weight excluding hydrogens is 583 g/mol. The topological polar surface area (TPSA) is 26.0 Å². The number of para-hydroxylation sites is 1. The van der Waals surface area contributed by atoms with Gasteiger partial charge in [0, 0.05) is 34.1 Å². The van der Waals surface area contributed by atoms with Gasteiger partial charge in [0.15, 0.2) is 0 Å². The van der Waals surface area contributed by atoms with Crippen molar-refractivity contribution in [3.63, 3.8) is 0 Å². The summed E-state index contributed by atoms with van der Waals surface area (Å²) in [5.41, 5.74) is 15.7. The lowest BCUT2D eigenvalue weighted by atomic mass is 9.80. The molecular formula is C46H35NO. The maximum atomic E-state index is 6.33. The molecule has 2 heteroatoms. The van der Waals surface area contributed by atoms with Gasteiger partial charge in [-0.1, -0.05) is 129 Å². The molecule has 2 heterocycles. The van der Waals surface area contributed by atoms with E-state index < -0.39 is 0 Å². The SMILES string of the molecule is Cc1ccc(C/C(=C/c2ccc3c(c2)C(C)(C)c2cc(-c4cccnc4)c4ccccc4c2-3)c2cccc3oc4ccccc4c23)cc1. The molecule has 0 atom stereocenters. The van der Waals surface area contributed by atoms with Crippen molar-refractivity contribution < 1.29 is 4.42 Å². The normalized spacial score (nSPS) is 13.7. The Kier molecular flexibility index (Phi) is 6.48. The predicted octanol–water partition coefficient (Wildman–Crippen LogP) is 12.2. The van der Waals surface area contributed by atoms with Crippen molar-refractivity contribution in [2.45, 2.75) is 32.6 Å². The van der Waals surface area contributed by atoms with E-state index in [0.717, 1.165) is 28.5 Å². The van der Waals surface area contributed by atoms with E-state index in [1.807, 2.05) is 24.5 Å². The molecule has 1 aliphatic rings. The van der Waals surface area contributed by atoms with Gasteiger partial charge in [-0.05, 0) is 98.5 Å². The summed E-state index contributed by atoms with van der Waals surface area (Å²) in [7, 11) is 0. The van der Waals surface area contributed by atoms with Crippen LogP contribution in [0.5, 0.6) is 0 Å². The van der Waals surface area contributed by atoms with Crippen LogP contribution in [0.3, 0.4) is 0 Å². The summed E-state index contributed by atoms with van der Waals surface area (Å²) in [4.78, 5) is 4.46. The van der Waals surface area contributed by atoms with Gasteiger partial charge in [-0.3, -0.25) is 4.98 Å². The zero-order valence-electron chi connectivity index (χ0n) is 27.4. The van der Waals surface area contributed by atoms with E-state index in [1.54, 1.807) is 0 Å². The lowest BCUT2D eigenvalue weighted by Crippen LogP contribution is -2.15. The summed E-state index contributed by atoms with van der Waals surface area (Å²) in [6.07, 6.45) is 7.04. The maximum Gasteiger partial charge on any atom is 0.136 e. The fraction of sp³-hybridized carbons (Fsp3) is 0.109. The number of pyridine rings is 1. The van der Waals surface area contributed by atoms with E-state index in [2.05, 4.69) is 147 Å². The van der Waals surface area contributed by atoms with Gasteiger partial charge >= 0.3 is 0 Å². The molecule has 230 valence electrons. The monoisotopic (exact) mass is 617 g/mol. The van der Waals surface area contributed by atoms with Crippen molar-refractivity contribution in [1.82, 2.24) is 4.98 Å². The highest BCUT2D eigenvalue weighted by molar-refractivity contribution is 6.12. The van der Waals surface area contributed by atoms with Gasteiger partial charge in [0.05, 0.1) is 0 Å². The molecule has 0 saturated heterocycles. The summed E-state index contributed by atoms with van der Waals surface area (Å²) in [6, 6.07) is 46.3. The van der Waals surface area contributed by atoms with Crippen molar-refractivity contribution in [1.29, 1.82) is 0 Å². The molecule has 0 spiro atoms. The molecule has 9 rings (SSSR count). The Morgan fingerprint density at radius 1 is 0.688 bits per heavy atom. The molecule has 6 aromatic carbocycles. The molecule has 8 aromatic rings. The number of benzene rings is 6. The van der Waals surface area contributed by atoms with Crippen LogP contribution >= 0.6 is 0 Å².